The predicted molar refractivity (Wildman–Crippen MR) is 68.6 cm³/mol. The molecular formula is C12H11FN2O3S. The van der Waals surface area contributed by atoms with Crippen molar-refractivity contribution in [1.82, 2.24) is 9.55 Å². The van der Waals surface area contributed by atoms with E-state index in [1.807, 2.05) is 0 Å². The average molecular weight is 282 g/mol. The van der Waals surface area contributed by atoms with Crippen LogP contribution in [0.2, 0.25) is 0 Å². The van der Waals surface area contributed by atoms with E-state index in [-0.39, 0.29) is 11.3 Å². The molecule has 0 amide bonds. The minimum atomic E-state index is -0.905. The van der Waals surface area contributed by atoms with Crippen LogP contribution in [-0.2, 0) is 11.3 Å². The SMILES string of the molecule is O=C(O)CCCn1c(-c2cncc(F)c2)csc1=O. The first kappa shape index (κ1) is 13.4. The quantitative estimate of drug-likeness (QED) is 0.910. The van der Waals surface area contributed by atoms with Crippen molar-refractivity contribution in [2.24, 2.45) is 0 Å². The predicted octanol–water partition coefficient (Wildman–Crippen LogP) is 1.98. The molecule has 100 valence electrons. The van der Waals surface area contributed by atoms with Crippen LogP contribution in [0.3, 0.4) is 0 Å². The molecule has 0 radical (unpaired) electrons. The maximum atomic E-state index is 13.1. The van der Waals surface area contributed by atoms with Crippen LogP contribution in [0.5, 0.6) is 0 Å². The molecule has 1 N–H and O–H groups in total. The van der Waals surface area contributed by atoms with Crippen molar-refractivity contribution in [1.29, 1.82) is 0 Å². The Morgan fingerprint density at radius 2 is 2.26 bits per heavy atom. The van der Waals surface area contributed by atoms with Crippen LogP contribution in [0.1, 0.15) is 12.8 Å². The maximum absolute atomic E-state index is 13.1. The Hall–Kier alpha value is -2.02. The van der Waals surface area contributed by atoms with Gasteiger partial charge in [-0.2, -0.15) is 0 Å². The number of carboxylic acids is 1. The summed E-state index contributed by atoms with van der Waals surface area (Å²) in [4.78, 5) is 25.7. The van der Waals surface area contributed by atoms with E-state index in [1.165, 1.54) is 16.8 Å². The van der Waals surface area contributed by atoms with Gasteiger partial charge in [0.05, 0.1) is 11.9 Å². The number of pyridine rings is 1. The van der Waals surface area contributed by atoms with Crippen LogP contribution in [0.4, 0.5) is 4.39 Å². The highest BCUT2D eigenvalue weighted by Gasteiger charge is 2.10. The van der Waals surface area contributed by atoms with Gasteiger partial charge in [0.2, 0.25) is 0 Å². The number of aromatic nitrogens is 2. The second kappa shape index (κ2) is 5.75. The van der Waals surface area contributed by atoms with Gasteiger partial charge in [-0.25, -0.2) is 4.39 Å². The summed E-state index contributed by atoms with van der Waals surface area (Å²) >= 11 is 1.00. The molecule has 0 bridgehead atoms. The highest BCUT2D eigenvalue weighted by Crippen LogP contribution is 2.20. The van der Waals surface area contributed by atoms with E-state index in [0.29, 0.717) is 24.2 Å². The standard InChI is InChI=1S/C12H11FN2O3S/c13-9-4-8(5-14-6-9)10-7-19-12(18)15(10)3-1-2-11(16)17/h4-7H,1-3H2,(H,16,17). The first-order valence-electron chi connectivity index (χ1n) is 5.59. The summed E-state index contributed by atoms with van der Waals surface area (Å²) in [7, 11) is 0. The molecule has 0 saturated heterocycles. The zero-order chi connectivity index (χ0) is 13.8. The summed E-state index contributed by atoms with van der Waals surface area (Å²) in [5.74, 6) is -1.38. The number of hydrogen-bond acceptors (Lipinski definition) is 4. The fourth-order valence-corrected chi connectivity index (χ4v) is 2.50. The monoisotopic (exact) mass is 282 g/mol. The van der Waals surface area contributed by atoms with E-state index in [0.717, 1.165) is 17.5 Å². The molecule has 0 spiro atoms. The second-order valence-corrected chi connectivity index (χ2v) is 4.75. The lowest BCUT2D eigenvalue weighted by atomic mass is 10.2. The third-order valence-electron chi connectivity index (χ3n) is 2.56. The molecule has 0 fully saturated rings. The van der Waals surface area contributed by atoms with Gasteiger partial charge in [-0.3, -0.25) is 19.1 Å². The normalized spacial score (nSPS) is 10.6. The Morgan fingerprint density at radius 3 is 2.95 bits per heavy atom. The van der Waals surface area contributed by atoms with Gasteiger partial charge in [0, 0.05) is 30.1 Å². The molecule has 2 aromatic heterocycles. The lowest BCUT2D eigenvalue weighted by molar-refractivity contribution is -0.137. The van der Waals surface area contributed by atoms with Crippen molar-refractivity contribution < 1.29 is 14.3 Å². The number of hydrogen-bond donors (Lipinski definition) is 1. The Balaban J connectivity index is 2.27. The van der Waals surface area contributed by atoms with Crippen LogP contribution in [0.15, 0.2) is 28.6 Å². The lowest BCUT2D eigenvalue weighted by Gasteiger charge is -2.06. The molecule has 0 unspecified atom stereocenters. The molecule has 0 aromatic carbocycles. The van der Waals surface area contributed by atoms with Gasteiger partial charge in [-0.1, -0.05) is 11.3 Å². The first-order valence-corrected chi connectivity index (χ1v) is 6.47. The summed E-state index contributed by atoms with van der Waals surface area (Å²) in [6.45, 7) is 0.292. The fraction of sp³-hybridized carbons (Fsp3) is 0.250. The molecule has 7 heteroatoms. The van der Waals surface area contributed by atoms with Gasteiger partial charge in [0.15, 0.2) is 0 Å². The van der Waals surface area contributed by atoms with Crippen molar-refractivity contribution in [2.45, 2.75) is 19.4 Å². The van der Waals surface area contributed by atoms with Gasteiger partial charge >= 0.3 is 10.8 Å². The number of rotatable bonds is 5. The smallest absolute Gasteiger partial charge is 0.307 e. The van der Waals surface area contributed by atoms with E-state index in [9.17, 15) is 14.0 Å². The molecule has 0 aliphatic carbocycles. The highest BCUT2D eigenvalue weighted by atomic mass is 32.1. The van der Waals surface area contributed by atoms with E-state index < -0.39 is 11.8 Å². The second-order valence-electron chi connectivity index (χ2n) is 3.93. The number of thiazole rings is 1. The van der Waals surface area contributed by atoms with E-state index in [2.05, 4.69) is 4.98 Å². The summed E-state index contributed by atoms with van der Waals surface area (Å²) in [6, 6.07) is 1.29. The molecule has 0 aliphatic heterocycles. The third-order valence-corrected chi connectivity index (χ3v) is 3.32. The highest BCUT2D eigenvalue weighted by molar-refractivity contribution is 7.07. The maximum Gasteiger partial charge on any atom is 0.307 e. The summed E-state index contributed by atoms with van der Waals surface area (Å²) in [6.07, 6.45) is 2.89. The van der Waals surface area contributed by atoms with Gasteiger partial charge in [0.25, 0.3) is 0 Å². The minimum absolute atomic E-state index is 0.0108. The van der Waals surface area contributed by atoms with Gasteiger partial charge in [-0.05, 0) is 12.5 Å². The van der Waals surface area contributed by atoms with E-state index in [4.69, 9.17) is 5.11 Å². The Morgan fingerprint density at radius 1 is 1.47 bits per heavy atom. The summed E-state index contributed by atoms with van der Waals surface area (Å²) in [5.41, 5.74) is 1.07. The van der Waals surface area contributed by atoms with Crippen LogP contribution in [0, 0.1) is 5.82 Å². The molecule has 0 atom stereocenters. The molecule has 2 heterocycles. The minimum Gasteiger partial charge on any atom is -0.481 e. The van der Waals surface area contributed by atoms with Crippen LogP contribution in [0.25, 0.3) is 11.3 Å². The molecular weight excluding hydrogens is 271 g/mol. The average Bonchev–Trinajstić information content (AvgIpc) is 2.71. The largest absolute Gasteiger partial charge is 0.481 e. The van der Waals surface area contributed by atoms with Crippen molar-refractivity contribution >= 4 is 17.3 Å². The van der Waals surface area contributed by atoms with Crippen molar-refractivity contribution in [3.63, 3.8) is 0 Å². The van der Waals surface area contributed by atoms with Crippen LogP contribution < -0.4 is 4.87 Å². The molecule has 0 aliphatic rings. The van der Waals surface area contributed by atoms with Crippen LogP contribution in [-0.4, -0.2) is 20.6 Å². The molecule has 5 nitrogen and oxygen atoms in total. The van der Waals surface area contributed by atoms with Gasteiger partial charge in [0.1, 0.15) is 5.82 Å². The number of halogens is 1. The first-order chi connectivity index (χ1) is 9.08. The van der Waals surface area contributed by atoms with Gasteiger partial charge in [-0.15, -0.1) is 0 Å². The summed E-state index contributed by atoms with van der Waals surface area (Å²) < 4.78 is 14.6. The Labute approximate surface area is 112 Å². The zero-order valence-electron chi connectivity index (χ0n) is 9.88. The lowest BCUT2D eigenvalue weighted by Crippen LogP contribution is -2.15. The third kappa shape index (κ3) is 3.25. The molecule has 2 rings (SSSR count). The van der Waals surface area contributed by atoms with E-state index in [1.54, 1.807) is 5.38 Å². The van der Waals surface area contributed by atoms with Crippen LogP contribution >= 0.6 is 11.3 Å². The summed E-state index contributed by atoms with van der Waals surface area (Å²) in [5, 5.41) is 10.2. The van der Waals surface area contributed by atoms with Crippen molar-refractivity contribution in [3.8, 4) is 11.3 Å². The van der Waals surface area contributed by atoms with Crippen molar-refractivity contribution in [2.75, 3.05) is 0 Å². The molecule has 2 aromatic rings. The van der Waals surface area contributed by atoms with Gasteiger partial charge < -0.3 is 5.11 Å². The number of aliphatic carboxylic acids is 1. The van der Waals surface area contributed by atoms with Crippen molar-refractivity contribution in [3.05, 3.63) is 39.3 Å². The zero-order valence-corrected chi connectivity index (χ0v) is 10.7. The Bertz CT molecular complexity index is 650. The number of nitrogens with zero attached hydrogens (tertiary/aromatic N) is 2. The number of carboxylic acid groups (broad SMARTS) is 1. The number of carbonyl (C=O) groups is 1. The topological polar surface area (TPSA) is 72.2 Å². The molecule has 19 heavy (non-hydrogen) atoms. The Kier molecular flexibility index (Phi) is 4.06. The molecule has 0 saturated carbocycles. The fourth-order valence-electron chi connectivity index (χ4n) is 1.71. The van der Waals surface area contributed by atoms with E-state index >= 15 is 0 Å².